The van der Waals surface area contributed by atoms with Crippen molar-refractivity contribution in [2.75, 3.05) is 0 Å². The maximum atomic E-state index is 10.4. The van der Waals surface area contributed by atoms with E-state index >= 15 is 0 Å². The van der Waals surface area contributed by atoms with Crippen molar-refractivity contribution in [3.05, 3.63) is 35.9 Å². The molecule has 0 aliphatic rings. The largest absolute Gasteiger partial charge is 0.276 e. The first-order chi connectivity index (χ1) is 7.72. The van der Waals surface area contributed by atoms with Crippen molar-refractivity contribution in [2.45, 2.75) is 46.0 Å². The second kappa shape index (κ2) is 10.7. The van der Waals surface area contributed by atoms with E-state index < -0.39 is 5.24 Å². The third-order valence-electron chi connectivity index (χ3n) is 2.21. The Bertz CT molecular complexity index is 265. The van der Waals surface area contributed by atoms with Crippen molar-refractivity contribution < 1.29 is 4.79 Å². The topological polar surface area (TPSA) is 17.1 Å². The first kappa shape index (κ1) is 15.2. The lowest BCUT2D eigenvalue weighted by atomic mass is 10.2. The summed E-state index contributed by atoms with van der Waals surface area (Å²) in [5.74, 6) is 0. The number of benzene rings is 1. The van der Waals surface area contributed by atoms with Crippen molar-refractivity contribution in [3.63, 3.8) is 0 Å². The van der Waals surface area contributed by atoms with E-state index in [1.807, 2.05) is 6.07 Å². The summed E-state index contributed by atoms with van der Waals surface area (Å²) in [6.07, 6.45) is 7.01. The number of unbranched alkanes of at least 4 members (excludes halogenated alkanes) is 4. The van der Waals surface area contributed by atoms with Crippen LogP contribution in [0.4, 0.5) is 0 Å². The summed E-state index contributed by atoms with van der Waals surface area (Å²) in [6, 6.07) is 8.74. The molecule has 0 aliphatic heterocycles. The molecule has 1 rings (SSSR count). The summed E-state index contributed by atoms with van der Waals surface area (Å²) in [5, 5.41) is -0.407. The molecular formula is C14H21ClO. The first-order valence-corrected chi connectivity index (χ1v) is 6.35. The molecule has 0 unspecified atom stereocenters. The Morgan fingerprint density at radius 1 is 1.00 bits per heavy atom. The zero-order valence-corrected chi connectivity index (χ0v) is 11.0. The zero-order valence-electron chi connectivity index (χ0n) is 10.2. The van der Waals surface area contributed by atoms with Crippen LogP contribution >= 0.6 is 11.6 Å². The van der Waals surface area contributed by atoms with Crippen molar-refractivity contribution >= 4 is 16.8 Å². The minimum Gasteiger partial charge on any atom is -0.276 e. The molecular weight excluding hydrogens is 220 g/mol. The minimum atomic E-state index is -0.407. The van der Waals surface area contributed by atoms with E-state index in [0.717, 1.165) is 0 Å². The molecule has 0 atom stereocenters. The molecule has 16 heavy (non-hydrogen) atoms. The van der Waals surface area contributed by atoms with E-state index in [-0.39, 0.29) is 0 Å². The fourth-order valence-electron chi connectivity index (χ4n) is 1.25. The van der Waals surface area contributed by atoms with Gasteiger partial charge in [0.25, 0.3) is 5.24 Å². The average Bonchev–Trinajstić information content (AvgIpc) is 2.32. The molecule has 0 aromatic heterocycles. The summed E-state index contributed by atoms with van der Waals surface area (Å²) in [5.41, 5.74) is 0.541. The third-order valence-corrected chi connectivity index (χ3v) is 2.43. The fourth-order valence-corrected chi connectivity index (χ4v) is 1.37. The van der Waals surface area contributed by atoms with Crippen molar-refractivity contribution in [2.24, 2.45) is 0 Å². The first-order valence-electron chi connectivity index (χ1n) is 5.97. The molecule has 1 aromatic carbocycles. The van der Waals surface area contributed by atoms with Gasteiger partial charge in [-0.25, -0.2) is 0 Å². The number of hydrogen-bond acceptors (Lipinski definition) is 1. The lowest BCUT2D eigenvalue weighted by molar-refractivity contribution is 0.108. The van der Waals surface area contributed by atoms with Crippen LogP contribution in [-0.2, 0) is 0 Å². The molecule has 0 spiro atoms. The van der Waals surface area contributed by atoms with E-state index in [4.69, 9.17) is 11.6 Å². The Morgan fingerprint density at radius 3 is 1.81 bits per heavy atom. The standard InChI is InChI=1S/C7H5ClO.C7H16/c8-7(9)6-4-2-1-3-5-6;1-3-5-7-6-4-2/h1-5H;3-7H2,1-2H3. The summed E-state index contributed by atoms with van der Waals surface area (Å²) < 4.78 is 0. The Kier molecular flexibility index (Phi) is 10.1. The molecule has 2 heteroatoms. The highest BCUT2D eigenvalue weighted by Gasteiger charge is 1.95. The van der Waals surface area contributed by atoms with Gasteiger partial charge in [0.15, 0.2) is 0 Å². The highest BCUT2D eigenvalue weighted by atomic mass is 35.5. The molecule has 0 aliphatic carbocycles. The second-order valence-corrected chi connectivity index (χ2v) is 4.04. The smallest absolute Gasteiger partial charge is 0.252 e. The van der Waals surface area contributed by atoms with E-state index in [2.05, 4.69) is 13.8 Å². The van der Waals surface area contributed by atoms with Crippen molar-refractivity contribution in [1.82, 2.24) is 0 Å². The van der Waals surface area contributed by atoms with Gasteiger partial charge in [0.2, 0.25) is 0 Å². The van der Waals surface area contributed by atoms with Gasteiger partial charge in [-0.1, -0.05) is 76.3 Å². The molecule has 90 valence electrons. The van der Waals surface area contributed by atoms with Crippen LogP contribution in [-0.4, -0.2) is 5.24 Å². The predicted octanol–water partition coefficient (Wildman–Crippen LogP) is 5.04. The van der Waals surface area contributed by atoms with Gasteiger partial charge >= 0.3 is 0 Å². The normalized spacial score (nSPS) is 9.19. The maximum absolute atomic E-state index is 10.4. The molecule has 0 saturated carbocycles. The van der Waals surface area contributed by atoms with Crippen LogP contribution in [0.1, 0.15) is 56.3 Å². The van der Waals surface area contributed by atoms with Crippen LogP contribution < -0.4 is 0 Å². The van der Waals surface area contributed by atoms with Crippen molar-refractivity contribution in [3.8, 4) is 0 Å². The van der Waals surface area contributed by atoms with Gasteiger partial charge in [-0.3, -0.25) is 4.79 Å². The number of rotatable bonds is 5. The van der Waals surface area contributed by atoms with Crippen molar-refractivity contribution in [1.29, 1.82) is 0 Å². The lowest BCUT2D eigenvalue weighted by Crippen LogP contribution is -1.84. The van der Waals surface area contributed by atoms with Crippen LogP contribution in [0.15, 0.2) is 30.3 Å². The molecule has 0 bridgehead atoms. The Balaban J connectivity index is 0.000000293. The summed E-state index contributed by atoms with van der Waals surface area (Å²) in [6.45, 7) is 4.49. The third kappa shape index (κ3) is 8.49. The molecule has 0 radical (unpaired) electrons. The van der Waals surface area contributed by atoms with Crippen LogP contribution in [0.25, 0.3) is 0 Å². The maximum Gasteiger partial charge on any atom is 0.252 e. The van der Waals surface area contributed by atoms with Gasteiger partial charge in [0.1, 0.15) is 0 Å². The van der Waals surface area contributed by atoms with Gasteiger partial charge in [0, 0.05) is 5.56 Å². The summed E-state index contributed by atoms with van der Waals surface area (Å²) >= 11 is 5.16. The second-order valence-electron chi connectivity index (χ2n) is 3.70. The zero-order chi connectivity index (χ0) is 12.2. The Hall–Kier alpha value is -0.820. The molecule has 0 saturated heterocycles. The number of halogens is 1. The monoisotopic (exact) mass is 240 g/mol. The fraction of sp³-hybridized carbons (Fsp3) is 0.500. The Morgan fingerprint density at radius 2 is 1.50 bits per heavy atom. The van der Waals surface area contributed by atoms with Crippen LogP contribution in [0.5, 0.6) is 0 Å². The molecule has 0 fully saturated rings. The van der Waals surface area contributed by atoms with Crippen LogP contribution in [0.2, 0.25) is 0 Å². The number of hydrogen-bond donors (Lipinski definition) is 0. The van der Waals surface area contributed by atoms with E-state index in [9.17, 15) is 4.79 Å². The van der Waals surface area contributed by atoms with E-state index in [1.165, 1.54) is 32.1 Å². The van der Waals surface area contributed by atoms with Gasteiger partial charge in [-0.2, -0.15) is 0 Å². The number of carbonyl (C=O) groups excluding carboxylic acids is 1. The SMILES string of the molecule is CCCCCCC.O=C(Cl)c1ccccc1. The Labute approximate surface area is 104 Å². The highest BCUT2D eigenvalue weighted by Crippen LogP contribution is 2.01. The van der Waals surface area contributed by atoms with Gasteiger partial charge in [-0.15, -0.1) is 0 Å². The molecule has 0 amide bonds. The average molecular weight is 241 g/mol. The summed E-state index contributed by atoms with van der Waals surface area (Å²) in [4.78, 5) is 10.4. The van der Waals surface area contributed by atoms with E-state index in [1.54, 1.807) is 24.3 Å². The summed E-state index contributed by atoms with van der Waals surface area (Å²) in [7, 11) is 0. The quantitative estimate of drug-likeness (QED) is 0.520. The molecule has 0 N–H and O–H groups in total. The van der Waals surface area contributed by atoms with Gasteiger partial charge < -0.3 is 0 Å². The van der Waals surface area contributed by atoms with Crippen LogP contribution in [0, 0.1) is 0 Å². The predicted molar refractivity (Wildman–Crippen MR) is 71.1 cm³/mol. The lowest BCUT2D eigenvalue weighted by Gasteiger charge is -1.90. The minimum absolute atomic E-state index is 0.407. The number of carbonyl (C=O) groups is 1. The van der Waals surface area contributed by atoms with Gasteiger partial charge in [0.05, 0.1) is 0 Å². The van der Waals surface area contributed by atoms with Crippen LogP contribution in [0.3, 0.4) is 0 Å². The molecule has 1 aromatic rings. The molecule has 0 heterocycles. The molecule has 1 nitrogen and oxygen atoms in total. The van der Waals surface area contributed by atoms with E-state index in [0.29, 0.717) is 5.56 Å². The van der Waals surface area contributed by atoms with Gasteiger partial charge in [-0.05, 0) is 11.6 Å². The highest BCUT2D eigenvalue weighted by molar-refractivity contribution is 6.67.